The van der Waals surface area contributed by atoms with Gasteiger partial charge in [-0.1, -0.05) is 67.4 Å². The Labute approximate surface area is 149 Å². The van der Waals surface area contributed by atoms with Crippen molar-refractivity contribution >= 4 is 6.29 Å². The molecule has 25 heavy (non-hydrogen) atoms. The van der Waals surface area contributed by atoms with Gasteiger partial charge in [-0.05, 0) is 29.5 Å². The molecule has 0 amide bonds. The molecule has 0 aliphatic carbocycles. The molecular weight excluding hydrogens is 308 g/mol. The van der Waals surface area contributed by atoms with Crippen LogP contribution in [0.5, 0.6) is 0 Å². The lowest BCUT2D eigenvalue weighted by molar-refractivity contribution is -0.107. The van der Waals surface area contributed by atoms with Crippen LogP contribution >= 0.6 is 0 Å². The molecule has 0 unspecified atom stereocenters. The van der Waals surface area contributed by atoms with E-state index in [0.717, 1.165) is 55.5 Å². The number of nitrogens with one attached hydrogen (secondary N) is 1. The lowest BCUT2D eigenvalue weighted by atomic mass is 10.0. The van der Waals surface area contributed by atoms with E-state index in [-0.39, 0.29) is 0 Å². The molecule has 0 spiro atoms. The van der Waals surface area contributed by atoms with Gasteiger partial charge in [0.05, 0.1) is 11.9 Å². The first-order valence-electron chi connectivity index (χ1n) is 9.00. The topological polar surface area (TPSA) is 45.8 Å². The van der Waals surface area contributed by atoms with Crippen LogP contribution in [0.2, 0.25) is 0 Å². The molecule has 128 valence electrons. The van der Waals surface area contributed by atoms with Gasteiger partial charge in [0.1, 0.15) is 12.1 Å². The van der Waals surface area contributed by atoms with Crippen molar-refractivity contribution in [2.24, 2.45) is 0 Å². The zero-order valence-corrected chi connectivity index (χ0v) is 14.4. The van der Waals surface area contributed by atoms with Crippen molar-refractivity contribution in [3.63, 3.8) is 0 Å². The molecule has 0 bridgehead atoms. The maximum Gasteiger partial charge on any atom is 0.119 e. The van der Waals surface area contributed by atoms with Gasteiger partial charge < -0.3 is 9.78 Å². The van der Waals surface area contributed by atoms with Crippen molar-refractivity contribution < 1.29 is 4.79 Å². The maximum atomic E-state index is 10.3. The van der Waals surface area contributed by atoms with Crippen molar-refractivity contribution in [1.29, 1.82) is 0 Å². The highest BCUT2D eigenvalue weighted by atomic mass is 16.1. The quantitative estimate of drug-likeness (QED) is 0.419. The molecule has 3 nitrogen and oxygen atoms in total. The van der Waals surface area contributed by atoms with Crippen molar-refractivity contribution in [3.8, 4) is 22.4 Å². The summed E-state index contributed by atoms with van der Waals surface area (Å²) >= 11 is 0. The fourth-order valence-corrected chi connectivity index (χ4v) is 2.98. The Kier molecular flexibility index (Phi) is 6.16. The zero-order valence-electron chi connectivity index (χ0n) is 14.4. The van der Waals surface area contributed by atoms with Crippen LogP contribution in [0.4, 0.5) is 0 Å². The van der Waals surface area contributed by atoms with E-state index in [9.17, 15) is 4.79 Å². The summed E-state index contributed by atoms with van der Waals surface area (Å²) in [6, 6.07) is 19.0. The Morgan fingerprint density at radius 3 is 2.24 bits per heavy atom. The Hall–Kier alpha value is -2.68. The minimum atomic E-state index is 0.684. The standard InChI is InChI=1S/C22H24N2O/c25-16-8-3-1-2-7-11-22-23-17-21(24-22)20-14-12-19(13-15-20)18-9-5-4-6-10-18/h4-6,9-10,12-17H,1-3,7-8,11H2,(H,23,24). The smallest absolute Gasteiger partial charge is 0.119 e. The third-order valence-corrected chi connectivity index (χ3v) is 4.42. The SMILES string of the molecule is O=CCCCCCCc1ncc(-c2ccc(-c3ccccc3)cc2)[nH]1. The van der Waals surface area contributed by atoms with E-state index in [4.69, 9.17) is 0 Å². The van der Waals surface area contributed by atoms with E-state index >= 15 is 0 Å². The summed E-state index contributed by atoms with van der Waals surface area (Å²) in [4.78, 5) is 18.2. The molecule has 3 heteroatoms. The fraction of sp³-hybridized carbons (Fsp3) is 0.273. The first-order valence-corrected chi connectivity index (χ1v) is 9.00. The van der Waals surface area contributed by atoms with Crippen LogP contribution in [0.1, 0.15) is 37.9 Å². The van der Waals surface area contributed by atoms with Gasteiger partial charge in [-0.2, -0.15) is 0 Å². The van der Waals surface area contributed by atoms with Gasteiger partial charge in [0, 0.05) is 12.8 Å². The normalized spacial score (nSPS) is 10.7. The number of aldehydes is 1. The van der Waals surface area contributed by atoms with Crippen LogP contribution in [0.15, 0.2) is 60.8 Å². The van der Waals surface area contributed by atoms with Crippen LogP contribution in [0.25, 0.3) is 22.4 Å². The van der Waals surface area contributed by atoms with Crippen LogP contribution < -0.4 is 0 Å². The van der Waals surface area contributed by atoms with E-state index < -0.39 is 0 Å². The van der Waals surface area contributed by atoms with E-state index in [0.29, 0.717) is 6.42 Å². The second-order valence-electron chi connectivity index (χ2n) is 6.31. The number of carbonyl (C=O) groups excluding carboxylic acids is 1. The first kappa shape index (κ1) is 17.2. The molecule has 3 rings (SSSR count). The Bertz CT molecular complexity index is 775. The van der Waals surface area contributed by atoms with Crippen molar-refractivity contribution in [3.05, 3.63) is 66.6 Å². The number of aryl methyl sites for hydroxylation is 1. The molecule has 0 atom stereocenters. The molecule has 1 N–H and O–H groups in total. The highest BCUT2D eigenvalue weighted by molar-refractivity contribution is 5.68. The second kappa shape index (κ2) is 8.97. The number of unbranched alkanes of at least 4 members (excludes halogenated alkanes) is 4. The van der Waals surface area contributed by atoms with Crippen molar-refractivity contribution in [1.82, 2.24) is 9.97 Å². The Balaban J connectivity index is 1.56. The summed E-state index contributed by atoms with van der Waals surface area (Å²) in [5.41, 5.74) is 4.67. The van der Waals surface area contributed by atoms with E-state index in [1.165, 1.54) is 11.1 Å². The highest BCUT2D eigenvalue weighted by Gasteiger charge is 2.04. The molecule has 2 aromatic carbocycles. The zero-order chi connectivity index (χ0) is 17.3. The molecule has 1 aromatic heterocycles. The summed E-state index contributed by atoms with van der Waals surface area (Å²) < 4.78 is 0. The highest BCUT2D eigenvalue weighted by Crippen LogP contribution is 2.24. The number of H-pyrrole nitrogens is 1. The summed E-state index contributed by atoms with van der Waals surface area (Å²) in [7, 11) is 0. The predicted octanol–water partition coefficient (Wildman–Crippen LogP) is 5.44. The van der Waals surface area contributed by atoms with Gasteiger partial charge in [0.2, 0.25) is 0 Å². The number of rotatable bonds is 9. The van der Waals surface area contributed by atoms with Crippen molar-refractivity contribution in [2.75, 3.05) is 0 Å². The average molecular weight is 332 g/mol. The number of nitrogens with zero attached hydrogens (tertiary/aromatic N) is 1. The summed E-state index contributed by atoms with van der Waals surface area (Å²) in [6.45, 7) is 0. The van der Waals surface area contributed by atoms with Gasteiger partial charge in [-0.3, -0.25) is 0 Å². The monoisotopic (exact) mass is 332 g/mol. The minimum Gasteiger partial charge on any atom is -0.342 e. The lowest BCUT2D eigenvalue weighted by Crippen LogP contribution is -1.89. The number of aromatic amines is 1. The van der Waals surface area contributed by atoms with Crippen LogP contribution in [-0.2, 0) is 11.2 Å². The molecule has 0 aliphatic heterocycles. The van der Waals surface area contributed by atoms with Crippen LogP contribution in [-0.4, -0.2) is 16.3 Å². The molecule has 3 aromatic rings. The largest absolute Gasteiger partial charge is 0.342 e. The maximum absolute atomic E-state index is 10.3. The predicted molar refractivity (Wildman–Crippen MR) is 102 cm³/mol. The van der Waals surface area contributed by atoms with Gasteiger partial charge in [-0.15, -0.1) is 0 Å². The molecule has 1 heterocycles. The van der Waals surface area contributed by atoms with E-state index in [1.54, 1.807) is 0 Å². The summed E-state index contributed by atoms with van der Waals surface area (Å²) in [6.07, 6.45) is 8.94. The molecule has 0 saturated heterocycles. The molecular formula is C22H24N2O. The molecule has 0 fully saturated rings. The minimum absolute atomic E-state index is 0.684. The number of hydrogen-bond acceptors (Lipinski definition) is 2. The number of aromatic nitrogens is 2. The summed E-state index contributed by atoms with van der Waals surface area (Å²) in [5.74, 6) is 1.04. The van der Waals surface area contributed by atoms with E-state index in [1.807, 2.05) is 12.3 Å². The van der Waals surface area contributed by atoms with Crippen LogP contribution in [0.3, 0.4) is 0 Å². The second-order valence-corrected chi connectivity index (χ2v) is 6.31. The Morgan fingerprint density at radius 2 is 1.48 bits per heavy atom. The number of imidazole rings is 1. The molecule has 0 saturated carbocycles. The van der Waals surface area contributed by atoms with Crippen molar-refractivity contribution in [2.45, 2.75) is 38.5 Å². The summed E-state index contributed by atoms with van der Waals surface area (Å²) in [5, 5.41) is 0. The Morgan fingerprint density at radius 1 is 0.800 bits per heavy atom. The fourth-order valence-electron chi connectivity index (χ4n) is 2.98. The van der Waals surface area contributed by atoms with Gasteiger partial charge >= 0.3 is 0 Å². The number of benzene rings is 2. The number of hydrogen-bond donors (Lipinski definition) is 1. The molecule has 0 radical (unpaired) electrons. The lowest BCUT2D eigenvalue weighted by Gasteiger charge is -2.03. The van der Waals surface area contributed by atoms with Crippen LogP contribution in [0, 0.1) is 0 Å². The van der Waals surface area contributed by atoms with E-state index in [2.05, 4.69) is 58.5 Å². The van der Waals surface area contributed by atoms with Gasteiger partial charge in [0.25, 0.3) is 0 Å². The number of carbonyl (C=O) groups is 1. The molecule has 0 aliphatic rings. The van der Waals surface area contributed by atoms with Gasteiger partial charge in [-0.25, -0.2) is 4.98 Å². The third-order valence-electron chi connectivity index (χ3n) is 4.42. The first-order chi connectivity index (χ1) is 12.4. The van der Waals surface area contributed by atoms with Gasteiger partial charge in [0.15, 0.2) is 0 Å². The third kappa shape index (κ3) is 4.90. The average Bonchev–Trinajstić information content (AvgIpc) is 3.14.